The fourth-order valence-electron chi connectivity index (χ4n) is 2.65. The maximum absolute atomic E-state index is 12.0. The van der Waals surface area contributed by atoms with Gasteiger partial charge in [0.05, 0.1) is 5.92 Å². The molecule has 1 unspecified atom stereocenters. The van der Waals surface area contributed by atoms with Crippen molar-refractivity contribution in [2.75, 3.05) is 20.1 Å². The Morgan fingerprint density at radius 2 is 2.06 bits per heavy atom. The van der Waals surface area contributed by atoms with Crippen LogP contribution in [0.4, 0.5) is 0 Å². The van der Waals surface area contributed by atoms with E-state index >= 15 is 0 Å². The van der Waals surface area contributed by atoms with Crippen molar-refractivity contribution in [1.29, 1.82) is 0 Å². The van der Waals surface area contributed by atoms with Crippen LogP contribution in [0.1, 0.15) is 39.0 Å². The van der Waals surface area contributed by atoms with Crippen LogP contribution in [0.25, 0.3) is 0 Å². The summed E-state index contributed by atoms with van der Waals surface area (Å²) in [5, 5.41) is 0. The van der Waals surface area contributed by atoms with Gasteiger partial charge in [-0.1, -0.05) is 5.57 Å². The molecule has 0 bridgehead atoms. The second-order valence-corrected chi connectivity index (χ2v) is 5.46. The van der Waals surface area contributed by atoms with Gasteiger partial charge in [0, 0.05) is 0 Å². The number of allylic oxidation sites excluding steroid dienone is 1. The molecule has 0 saturated carbocycles. The molecule has 1 atom stereocenters. The van der Waals surface area contributed by atoms with Crippen molar-refractivity contribution < 1.29 is 9.53 Å². The van der Waals surface area contributed by atoms with Gasteiger partial charge in [-0.25, -0.2) is 0 Å². The molecule has 1 aliphatic heterocycles. The molecule has 0 aromatic rings. The Bertz CT molecular complexity index is 303. The largest absolute Gasteiger partial charge is 0.458 e. The zero-order valence-corrected chi connectivity index (χ0v) is 10.9. The Hall–Kier alpha value is -0.830. The van der Waals surface area contributed by atoms with Crippen molar-refractivity contribution in [1.82, 2.24) is 4.90 Å². The minimum absolute atomic E-state index is 0.0223. The van der Waals surface area contributed by atoms with E-state index in [1.165, 1.54) is 5.57 Å². The molecule has 1 heterocycles. The van der Waals surface area contributed by atoms with Gasteiger partial charge in [0.25, 0.3) is 0 Å². The van der Waals surface area contributed by atoms with Crippen LogP contribution in [0.15, 0.2) is 11.6 Å². The van der Waals surface area contributed by atoms with Crippen LogP contribution < -0.4 is 0 Å². The van der Waals surface area contributed by atoms with Crippen LogP contribution in [-0.2, 0) is 9.53 Å². The van der Waals surface area contributed by atoms with Crippen LogP contribution >= 0.6 is 0 Å². The lowest BCUT2D eigenvalue weighted by Gasteiger charge is -2.29. The number of rotatable bonds is 2. The molecule has 17 heavy (non-hydrogen) atoms. The van der Waals surface area contributed by atoms with Crippen LogP contribution in [-0.4, -0.2) is 37.1 Å². The fraction of sp³-hybridized carbons (Fsp3) is 0.786. The van der Waals surface area contributed by atoms with E-state index in [1.54, 1.807) is 0 Å². The van der Waals surface area contributed by atoms with Gasteiger partial charge < -0.3 is 9.64 Å². The minimum atomic E-state index is 0.0223. The lowest BCUT2D eigenvalue weighted by molar-refractivity contribution is -0.153. The highest BCUT2D eigenvalue weighted by Gasteiger charge is 2.26. The first kappa shape index (κ1) is 12.6. The summed E-state index contributed by atoms with van der Waals surface area (Å²) in [6.07, 6.45) is 7.35. The average Bonchev–Trinajstić information content (AvgIpc) is 2.29. The van der Waals surface area contributed by atoms with Gasteiger partial charge in [0.2, 0.25) is 0 Å². The molecule has 0 aromatic heterocycles. The first-order valence-electron chi connectivity index (χ1n) is 6.71. The van der Waals surface area contributed by atoms with Gasteiger partial charge in [-0.15, -0.1) is 0 Å². The predicted molar refractivity (Wildman–Crippen MR) is 67.7 cm³/mol. The maximum atomic E-state index is 12.0. The normalized spacial score (nSPS) is 27.6. The molecule has 2 rings (SSSR count). The molecule has 0 radical (unpaired) electrons. The molecule has 1 saturated heterocycles. The summed E-state index contributed by atoms with van der Waals surface area (Å²) >= 11 is 0. The van der Waals surface area contributed by atoms with Crippen molar-refractivity contribution in [2.24, 2.45) is 5.92 Å². The summed E-state index contributed by atoms with van der Waals surface area (Å²) < 4.78 is 5.60. The first-order valence-corrected chi connectivity index (χ1v) is 6.71. The number of piperidine rings is 1. The molecule has 96 valence electrons. The summed E-state index contributed by atoms with van der Waals surface area (Å²) in [5.74, 6) is 0.149. The smallest absolute Gasteiger partial charge is 0.309 e. The minimum Gasteiger partial charge on any atom is -0.458 e. The lowest BCUT2D eigenvalue weighted by atomic mass is 9.96. The third kappa shape index (κ3) is 3.56. The average molecular weight is 237 g/mol. The number of nitrogens with zero attached hydrogens (tertiary/aromatic N) is 1. The number of hydrogen-bond donors (Lipinski definition) is 0. The Kier molecular flexibility index (Phi) is 4.21. The molecule has 2 aliphatic rings. The summed E-state index contributed by atoms with van der Waals surface area (Å²) in [5.41, 5.74) is 1.36. The van der Waals surface area contributed by atoms with Crippen LogP contribution in [0, 0.1) is 5.92 Å². The second-order valence-electron chi connectivity index (χ2n) is 5.46. The predicted octanol–water partition coefficient (Wildman–Crippen LogP) is 2.37. The summed E-state index contributed by atoms with van der Waals surface area (Å²) in [6, 6.07) is 0. The summed E-state index contributed by atoms with van der Waals surface area (Å²) in [6.45, 7) is 4.15. The van der Waals surface area contributed by atoms with Crippen LogP contribution in [0.2, 0.25) is 0 Å². The zero-order chi connectivity index (χ0) is 12.3. The molecule has 3 heteroatoms. The highest BCUT2D eigenvalue weighted by molar-refractivity contribution is 5.73. The van der Waals surface area contributed by atoms with E-state index in [0.717, 1.165) is 45.2 Å². The van der Waals surface area contributed by atoms with E-state index in [1.807, 2.05) is 0 Å². The topological polar surface area (TPSA) is 29.5 Å². The standard InChI is InChI=1S/C14H23NO2/c1-11-4-3-5-13(10-11)17-14(16)12-6-8-15(2)9-7-12/h10,12-13H,3-9H2,1-2H3. The molecule has 1 aliphatic carbocycles. The Labute approximate surface area is 104 Å². The fourth-order valence-corrected chi connectivity index (χ4v) is 2.65. The van der Waals surface area contributed by atoms with E-state index in [2.05, 4.69) is 24.9 Å². The van der Waals surface area contributed by atoms with Crippen LogP contribution in [0.3, 0.4) is 0 Å². The molecule has 1 fully saturated rings. The van der Waals surface area contributed by atoms with Gasteiger partial charge in [0.1, 0.15) is 6.10 Å². The Balaban J connectivity index is 1.82. The molecule has 0 aromatic carbocycles. The van der Waals surface area contributed by atoms with E-state index in [4.69, 9.17) is 4.74 Å². The molecule has 3 nitrogen and oxygen atoms in total. The molecule has 0 amide bonds. The van der Waals surface area contributed by atoms with E-state index < -0.39 is 0 Å². The summed E-state index contributed by atoms with van der Waals surface area (Å²) in [4.78, 5) is 14.3. The number of carbonyl (C=O) groups is 1. The number of esters is 1. The van der Waals surface area contributed by atoms with Crippen molar-refractivity contribution in [3.05, 3.63) is 11.6 Å². The Morgan fingerprint density at radius 3 is 2.71 bits per heavy atom. The van der Waals surface area contributed by atoms with Gasteiger partial charge in [-0.2, -0.15) is 0 Å². The number of carbonyl (C=O) groups excluding carboxylic acids is 1. The van der Waals surface area contributed by atoms with Gasteiger partial charge in [-0.3, -0.25) is 4.79 Å². The van der Waals surface area contributed by atoms with Gasteiger partial charge >= 0.3 is 5.97 Å². The monoisotopic (exact) mass is 237 g/mol. The zero-order valence-electron chi connectivity index (χ0n) is 10.9. The van der Waals surface area contributed by atoms with Crippen molar-refractivity contribution in [2.45, 2.75) is 45.1 Å². The second kappa shape index (κ2) is 5.67. The first-order chi connectivity index (χ1) is 8.15. The van der Waals surface area contributed by atoms with E-state index in [9.17, 15) is 4.79 Å². The third-order valence-corrected chi connectivity index (χ3v) is 3.85. The SMILES string of the molecule is CC1=CC(OC(=O)C2CCN(C)CC2)CCC1. The van der Waals surface area contributed by atoms with Crippen molar-refractivity contribution >= 4 is 5.97 Å². The van der Waals surface area contributed by atoms with E-state index in [0.29, 0.717) is 0 Å². The third-order valence-electron chi connectivity index (χ3n) is 3.85. The summed E-state index contributed by atoms with van der Waals surface area (Å²) in [7, 11) is 2.11. The van der Waals surface area contributed by atoms with E-state index in [-0.39, 0.29) is 18.0 Å². The molecule has 0 spiro atoms. The maximum Gasteiger partial charge on any atom is 0.309 e. The highest BCUT2D eigenvalue weighted by atomic mass is 16.5. The number of likely N-dealkylation sites (tertiary alicyclic amines) is 1. The van der Waals surface area contributed by atoms with Crippen LogP contribution in [0.5, 0.6) is 0 Å². The van der Waals surface area contributed by atoms with Crippen molar-refractivity contribution in [3.8, 4) is 0 Å². The molecule has 0 N–H and O–H groups in total. The van der Waals surface area contributed by atoms with Gasteiger partial charge in [0.15, 0.2) is 0 Å². The quantitative estimate of drug-likeness (QED) is 0.545. The number of hydrogen-bond acceptors (Lipinski definition) is 3. The Morgan fingerprint density at radius 1 is 1.35 bits per heavy atom. The molecular weight excluding hydrogens is 214 g/mol. The molecular formula is C14H23NO2. The highest BCUT2D eigenvalue weighted by Crippen LogP contribution is 2.23. The lowest BCUT2D eigenvalue weighted by Crippen LogP contribution is -2.35. The van der Waals surface area contributed by atoms with Crippen molar-refractivity contribution in [3.63, 3.8) is 0 Å². The van der Waals surface area contributed by atoms with Gasteiger partial charge in [-0.05, 0) is 65.2 Å². The number of ether oxygens (including phenoxy) is 1.